The highest BCUT2D eigenvalue weighted by atomic mass is 32.3. The summed E-state index contributed by atoms with van der Waals surface area (Å²) in [5.74, 6) is 0. The van der Waals surface area contributed by atoms with Gasteiger partial charge >= 0.3 is 10.4 Å². The predicted molar refractivity (Wildman–Crippen MR) is 106 cm³/mol. The summed E-state index contributed by atoms with van der Waals surface area (Å²) >= 11 is 0. The minimum absolute atomic E-state index is 0.237. The van der Waals surface area contributed by atoms with Gasteiger partial charge in [-0.2, -0.15) is 8.42 Å². The summed E-state index contributed by atoms with van der Waals surface area (Å²) in [5.41, 5.74) is 0. The summed E-state index contributed by atoms with van der Waals surface area (Å²) in [4.78, 5) is 0. The molecule has 0 aromatic heterocycles. The molecule has 0 saturated carbocycles. The number of hydrogen-bond acceptors (Lipinski definition) is 4. The van der Waals surface area contributed by atoms with Crippen LogP contribution in [0.1, 0.15) is 117 Å². The molecule has 1 unspecified atom stereocenters. The summed E-state index contributed by atoms with van der Waals surface area (Å²) in [7, 11) is -3.83. The van der Waals surface area contributed by atoms with E-state index in [0.717, 1.165) is 38.5 Å². The smallest absolute Gasteiger partial charge is 0.248 e. The second-order valence-corrected chi connectivity index (χ2v) is 8.41. The molecule has 0 aliphatic rings. The lowest BCUT2D eigenvalue weighted by atomic mass is 10.1. The van der Waals surface area contributed by atoms with Crippen LogP contribution in [0.15, 0.2) is 0 Å². The van der Waals surface area contributed by atoms with Gasteiger partial charge in [-0.1, -0.05) is 97.3 Å². The van der Waals surface area contributed by atoms with Crippen LogP contribution in [0.25, 0.3) is 0 Å². The molecule has 0 aromatic carbocycles. The number of hydrogen-bond donors (Lipinski definition) is 0. The number of rotatable bonds is 19. The van der Waals surface area contributed by atoms with E-state index in [9.17, 15) is 8.42 Å². The Balaban J connectivity index is 3.50. The standard InChI is InChI=1S/C20H42O4S/c1-4-6-8-10-11-12-13-14-15-17-19-23-25(21,22)24-20(3)18-16-9-7-5-2/h20H,4-19H2,1-3H3. The molecule has 25 heavy (non-hydrogen) atoms. The second-order valence-electron chi connectivity index (χ2n) is 7.17. The largest absolute Gasteiger partial charge is 0.400 e. The third-order valence-corrected chi connectivity index (χ3v) is 5.49. The highest BCUT2D eigenvalue weighted by molar-refractivity contribution is 7.81. The molecule has 4 nitrogen and oxygen atoms in total. The van der Waals surface area contributed by atoms with Crippen molar-refractivity contribution >= 4 is 10.4 Å². The van der Waals surface area contributed by atoms with Crippen LogP contribution in [0.3, 0.4) is 0 Å². The zero-order chi connectivity index (χ0) is 18.8. The molecule has 0 N–H and O–H groups in total. The van der Waals surface area contributed by atoms with Gasteiger partial charge < -0.3 is 0 Å². The Morgan fingerprint density at radius 2 is 1.12 bits per heavy atom. The zero-order valence-corrected chi connectivity index (χ0v) is 17.7. The first kappa shape index (κ1) is 24.9. The van der Waals surface area contributed by atoms with Gasteiger partial charge in [0.1, 0.15) is 0 Å². The van der Waals surface area contributed by atoms with Gasteiger partial charge in [0.05, 0.1) is 12.7 Å². The van der Waals surface area contributed by atoms with Crippen LogP contribution in [-0.4, -0.2) is 21.1 Å². The summed E-state index contributed by atoms with van der Waals surface area (Å²) in [6, 6.07) is 0. The van der Waals surface area contributed by atoms with E-state index in [1.807, 2.05) is 0 Å². The van der Waals surface area contributed by atoms with Gasteiger partial charge in [-0.15, -0.1) is 0 Å². The van der Waals surface area contributed by atoms with Crippen molar-refractivity contribution in [3.63, 3.8) is 0 Å². The highest BCUT2D eigenvalue weighted by Crippen LogP contribution is 2.13. The maximum Gasteiger partial charge on any atom is 0.400 e. The fourth-order valence-corrected chi connectivity index (χ4v) is 3.76. The Labute approximate surface area is 157 Å². The summed E-state index contributed by atoms with van der Waals surface area (Å²) < 4.78 is 33.5. The van der Waals surface area contributed by atoms with Crippen molar-refractivity contribution in [1.82, 2.24) is 0 Å². The van der Waals surface area contributed by atoms with Crippen molar-refractivity contribution < 1.29 is 16.8 Å². The van der Waals surface area contributed by atoms with Crippen molar-refractivity contribution in [2.24, 2.45) is 0 Å². The lowest BCUT2D eigenvalue weighted by molar-refractivity contribution is 0.157. The Morgan fingerprint density at radius 1 is 0.680 bits per heavy atom. The lowest BCUT2D eigenvalue weighted by Gasteiger charge is -2.12. The van der Waals surface area contributed by atoms with E-state index in [2.05, 4.69) is 13.8 Å². The van der Waals surface area contributed by atoms with E-state index >= 15 is 0 Å². The van der Waals surface area contributed by atoms with E-state index in [0.29, 0.717) is 0 Å². The summed E-state index contributed by atoms with van der Waals surface area (Å²) in [5, 5.41) is 0. The van der Waals surface area contributed by atoms with Crippen LogP contribution in [0.2, 0.25) is 0 Å². The molecular formula is C20H42O4S. The van der Waals surface area contributed by atoms with Crippen LogP contribution in [-0.2, 0) is 18.8 Å². The molecule has 0 heterocycles. The molecule has 0 rings (SSSR count). The highest BCUT2D eigenvalue weighted by Gasteiger charge is 2.16. The third kappa shape index (κ3) is 18.5. The lowest BCUT2D eigenvalue weighted by Crippen LogP contribution is -2.18. The zero-order valence-electron chi connectivity index (χ0n) is 16.9. The predicted octanol–water partition coefficient (Wildman–Crippen LogP) is 6.54. The SMILES string of the molecule is CCCCCCCCCCCCOS(=O)(=O)OC(C)CCCCCC. The molecule has 5 heteroatoms. The van der Waals surface area contributed by atoms with E-state index in [4.69, 9.17) is 8.37 Å². The quantitative estimate of drug-likeness (QED) is 0.239. The van der Waals surface area contributed by atoms with Gasteiger partial charge in [0.15, 0.2) is 0 Å². The van der Waals surface area contributed by atoms with E-state index in [1.54, 1.807) is 6.92 Å². The first-order valence-electron chi connectivity index (χ1n) is 10.6. The monoisotopic (exact) mass is 378 g/mol. The average molecular weight is 379 g/mol. The molecule has 152 valence electrons. The van der Waals surface area contributed by atoms with Gasteiger partial charge in [-0.3, -0.25) is 0 Å². The average Bonchev–Trinajstić information content (AvgIpc) is 2.56. The first-order valence-corrected chi connectivity index (χ1v) is 11.9. The Hall–Kier alpha value is -0.130. The molecule has 1 atom stereocenters. The summed E-state index contributed by atoms with van der Waals surface area (Å²) in [6.45, 7) is 6.43. The van der Waals surface area contributed by atoms with E-state index in [-0.39, 0.29) is 12.7 Å². The second kappa shape index (κ2) is 17.3. The normalized spacial score (nSPS) is 13.2. The van der Waals surface area contributed by atoms with Gasteiger partial charge in [0.2, 0.25) is 0 Å². The Bertz CT molecular complexity index is 368. The molecule has 0 aliphatic carbocycles. The fraction of sp³-hybridized carbons (Fsp3) is 1.00. The van der Waals surface area contributed by atoms with Gasteiger partial charge in [0.25, 0.3) is 0 Å². The molecule has 0 radical (unpaired) electrons. The topological polar surface area (TPSA) is 52.6 Å². The van der Waals surface area contributed by atoms with Gasteiger partial charge in [0, 0.05) is 0 Å². The van der Waals surface area contributed by atoms with Crippen molar-refractivity contribution in [3.05, 3.63) is 0 Å². The van der Waals surface area contributed by atoms with Crippen molar-refractivity contribution in [1.29, 1.82) is 0 Å². The first-order chi connectivity index (χ1) is 12.0. The minimum Gasteiger partial charge on any atom is -0.248 e. The molecule has 0 fully saturated rings. The molecule has 0 bridgehead atoms. The maximum absolute atomic E-state index is 11.7. The fourth-order valence-electron chi connectivity index (χ4n) is 2.89. The minimum atomic E-state index is -3.83. The molecular weight excluding hydrogens is 336 g/mol. The Kier molecular flexibility index (Phi) is 17.2. The van der Waals surface area contributed by atoms with E-state index in [1.165, 1.54) is 57.8 Å². The third-order valence-electron chi connectivity index (χ3n) is 4.47. The van der Waals surface area contributed by atoms with Gasteiger partial charge in [-0.05, 0) is 19.8 Å². The maximum atomic E-state index is 11.7. The Morgan fingerprint density at radius 3 is 1.64 bits per heavy atom. The van der Waals surface area contributed by atoms with Crippen LogP contribution < -0.4 is 0 Å². The van der Waals surface area contributed by atoms with Crippen molar-refractivity contribution in [3.8, 4) is 0 Å². The number of unbranched alkanes of at least 4 members (excludes halogenated alkanes) is 12. The van der Waals surface area contributed by atoms with Crippen LogP contribution in [0, 0.1) is 0 Å². The van der Waals surface area contributed by atoms with Gasteiger partial charge in [-0.25, -0.2) is 8.37 Å². The van der Waals surface area contributed by atoms with Crippen LogP contribution >= 0.6 is 0 Å². The molecule has 0 aliphatic heterocycles. The molecule has 0 saturated heterocycles. The molecule has 0 amide bonds. The van der Waals surface area contributed by atoms with Crippen molar-refractivity contribution in [2.75, 3.05) is 6.61 Å². The van der Waals surface area contributed by atoms with E-state index < -0.39 is 10.4 Å². The van der Waals surface area contributed by atoms with Crippen LogP contribution in [0.4, 0.5) is 0 Å². The van der Waals surface area contributed by atoms with Crippen LogP contribution in [0.5, 0.6) is 0 Å². The molecule has 0 aromatic rings. The summed E-state index contributed by atoms with van der Waals surface area (Å²) in [6.07, 6.45) is 17.2. The van der Waals surface area contributed by atoms with Crippen molar-refractivity contribution in [2.45, 2.75) is 123 Å². The molecule has 0 spiro atoms.